The number of nitrogens with zero attached hydrogens (tertiary/aromatic N) is 1. The molecule has 1 atom stereocenters. The SMILES string of the molecule is CCN(c1ccccc1F)C(CC)(CN)COC. The highest BCUT2D eigenvalue weighted by molar-refractivity contribution is 5.50. The molecular formula is C14H23FN2O. The summed E-state index contributed by atoms with van der Waals surface area (Å²) in [5, 5.41) is 0. The number of likely N-dealkylation sites (N-methyl/N-ethyl adjacent to an activating group) is 1. The van der Waals surface area contributed by atoms with Crippen LogP contribution in [0.2, 0.25) is 0 Å². The Labute approximate surface area is 109 Å². The van der Waals surface area contributed by atoms with E-state index < -0.39 is 0 Å². The van der Waals surface area contributed by atoms with Crippen LogP contribution in [0.25, 0.3) is 0 Å². The van der Waals surface area contributed by atoms with Crippen molar-refractivity contribution in [1.82, 2.24) is 0 Å². The minimum absolute atomic E-state index is 0.221. The molecule has 1 unspecified atom stereocenters. The van der Waals surface area contributed by atoms with Crippen molar-refractivity contribution in [2.45, 2.75) is 25.8 Å². The highest BCUT2D eigenvalue weighted by atomic mass is 19.1. The summed E-state index contributed by atoms with van der Waals surface area (Å²) in [4.78, 5) is 2.01. The average Bonchev–Trinajstić information content (AvgIpc) is 2.40. The van der Waals surface area contributed by atoms with Crippen LogP contribution in [0, 0.1) is 5.82 Å². The van der Waals surface area contributed by atoms with Crippen molar-refractivity contribution in [2.75, 3.05) is 31.7 Å². The maximum Gasteiger partial charge on any atom is 0.146 e. The zero-order chi connectivity index (χ0) is 13.6. The molecule has 0 aliphatic rings. The minimum Gasteiger partial charge on any atom is -0.382 e. The molecule has 0 fully saturated rings. The number of methoxy groups -OCH3 is 1. The number of benzene rings is 1. The molecule has 0 radical (unpaired) electrons. The highest BCUT2D eigenvalue weighted by Gasteiger charge is 2.34. The molecule has 0 amide bonds. The molecule has 3 nitrogen and oxygen atoms in total. The van der Waals surface area contributed by atoms with E-state index >= 15 is 0 Å². The second-order valence-electron chi connectivity index (χ2n) is 4.41. The van der Waals surface area contributed by atoms with Crippen LogP contribution in [0.4, 0.5) is 10.1 Å². The lowest BCUT2D eigenvalue weighted by molar-refractivity contribution is 0.127. The average molecular weight is 254 g/mol. The van der Waals surface area contributed by atoms with Crippen LogP contribution in [-0.4, -0.2) is 32.3 Å². The Morgan fingerprint density at radius 1 is 1.33 bits per heavy atom. The number of halogens is 1. The molecule has 0 spiro atoms. The third-order valence-electron chi connectivity index (χ3n) is 3.48. The van der Waals surface area contributed by atoms with E-state index in [0.717, 1.165) is 6.42 Å². The lowest BCUT2D eigenvalue weighted by Gasteiger charge is -2.43. The fraction of sp³-hybridized carbons (Fsp3) is 0.571. The van der Waals surface area contributed by atoms with Gasteiger partial charge in [-0.15, -0.1) is 0 Å². The van der Waals surface area contributed by atoms with Crippen LogP contribution in [0.5, 0.6) is 0 Å². The number of nitrogens with two attached hydrogens (primary N) is 1. The van der Waals surface area contributed by atoms with E-state index in [0.29, 0.717) is 25.4 Å². The number of rotatable bonds is 7. The Balaban J connectivity index is 3.17. The fourth-order valence-electron chi connectivity index (χ4n) is 2.38. The Kier molecular flexibility index (Phi) is 5.56. The predicted octanol–water partition coefficient (Wildman–Crippen LogP) is 2.41. The van der Waals surface area contributed by atoms with Gasteiger partial charge in [0.2, 0.25) is 0 Å². The van der Waals surface area contributed by atoms with Gasteiger partial charge in [0, 0.05) is 20.2 Å². The van der Waals surface area contributed by atoms with Crippen LogP contribution >= 0.6 is 0 Å². The summed E-state index contributed by atoms with van der Waals surface area (Å²) in [6, 6.07) is 6.79. The van der Waals surface area contributed by atoms with Gasteiger partial charge < -0.3 is 15.4 Å². The molecule has 0 heterocycles. The normalized spacial score (nSPS) is 14.3. The van der Waals surface area contributed by atoms with E-state index in [1.54, 1.807) is 19.2 Å². The van der Waals surface area contributed by atoms with Gasteiger partial charge in [0.15, 0.2) is 0 Å². The number of para-hydroxylation sites is 1. The third kappa shape index (κ3) is 2.82. The number of ether oxygens (including phenoxy) is 1. The van der Waals surface area contributed by atoms with Gasteiger partial charge in [-0.1, -0.05) is 19.1 Å². The van der Waals surface area contributed by atoms with Gasteiger partial charge in [0.05, 0.1) is 17.8 Å². The van der Waals surface area contributed by atoms with E-state index in [9.17, 15) is 4.39 Å². The summed E-state index contributed by atoms with van der Waals surface area (Å²) >= 11 is 0. The topological polar surface area (TPSA) is 38.5 Å². The summed E-state index contributed by atoms with van der Waals surface area (Å²) in [5.74, 6) is -0.221. The van der Waals surface area contributed by atoms with Gasteiger partial charge in [-0.2, -0.15) is 0 Å². The van der Waals surface area contributed by atoms with Crippen LogP contribution in [-0.2, 0) is 4.74 Å². The van der Waals surface area contributed by atoms with Crippen molar-refractivity contribution in [3.05, 3.63) is 30.1 Å². The zero-order valence-corrected chi connectivity index (χ0v) is 11.4. The highest BCUT2D eigenvalue weighted by Crippen LogP contribution is 2.28. The molecule has 1 aromatic rings. The molecule has 102 valence electrons. The van der Waals surface area contributed by atoms with Crippen molar-refractivity contribution in [3.8, 4) is 0 Å². The first-order valence-corrected chi connectivity index (χ1v) is 6.36. The van der Waals surface area contributed by atoms with Crippen LogP contribution < -0.4 is 10.6 Å². The predicted molar refractivity (Wildman–Crippen MR) is 73.4 cm³/mol. The summed E-state index contributed by atoms with van der Waals surface area (Å²) in [6.07, 6.45) is 0.805. The van der Waals surface area contributed by atoms with E-state index in [2.05, 4.69) is 6.92 Å². The number of hydrogen-bond acceptors (Lipinski definition) is 3. The first-order valence-electron chi connectivity index (χ1n) is 6.36. The van der Waals surface area contributed by atoms with Gasteiger partial charge >= 0.3 is 0 Å². The molecular weight excluding hydrogens is 231 g/mol. The summed E-state index contributed by atoms with van der Waals surface area (Å²) in [5.41, 5.74) is 6.16. The standard InChI is InChI=1S/C14H23FN2O/c1-4-14(10-16,11-18-3)17(5-2)13-9-7-6-8-12(13)15/h6-9H,4-5,10-11,16H2,1-3H3. The molecule has 4 heteroatoms. The van der Waals surface area contributed by atoms with Crippen LogP contribution in [0.1, 0.15) is 20.3 Å². The monoisotopic (exact) mass is 254 g/mol. The molecule has 1 rings (SSSR count). The quantitative estimate of drug-likeness (QED) is 0.812. The summed E-state index contributed by atoms with van der Waals surface area (Å²) < 4.78 is 19.2. The zero-order valence-electron chi connectivity index (χ0n) is 11.4. The van der Waals surface area contributed by atoms with E-state index in [4.69, 9.17) is 10.5 Å². The molecule has 18 heavy (non-hydrogen) atoms. The lowest BCUT2D eigenvalue weighted by atomic mass is 9.93. The van der Waals surface area contributed by atoms with Crippen LogP contribution in [0.3, 0.4) is 0 Å². The maximum absolute atomic E-state index is 13.9. The molecule has 0 aliphatic heterocycles. The largest absolute Gasteiger partial charge is 0.382 e. The van der Waals surface area contributed by atoms with Gasteiger partial charge in [0.25, 0.3) is 0 Å². The Bertz CT molecular complexity index is 367. The van der Waals surface area contributed by atoms with Crippen LogP contribution in [0.15, 0.2) is 24.3 Å². The Morgan fingerprint density at radius 2 is 2.00 bits per heavy atom. The van der Waals surface area contributed by atoms with Gasteiger partial charge in [0.1, 0.15) is 5.82 Å². The Hall–Kier alpha value is -1.13. The van der Waals surface area contributed by atoms with Crippen molar-refractivity contribution < 1.29 is 9.13 Å². The smallest absolute Gasteiger partial charge is 0.146 e. The molecule has 0 bridgehead atoms. The van der Waals surface area contributed by atoms with Gasteiger partial charge in [-0.3, -0.25) is 0 Å². The van der Waals surface area contributed by atoms with Crippen molar-refractivity contribution in [1.29, 1.82) is 0 Å². The Morgan fingerprint density at radius 3 is 2.44 bits per heavy atom. The van der Waals surface area contributed by atoms with E-state index in [1.807, 2.05) is 17.9 Å². The first-order chi connectivity index (χ1) is 8.65. The summed E-state index contributed by atoms with van der Waals surface area (Å²) in [6.45, 7) is 5.66. The second kappa shape index (κ2) is 6.71. The van der Waals surface area contributed by atoms with E-state index in [-0.39, 0.29) is 11.4 Å². The van der Waals surface area contributed by atoms with Crippen molar-refractivity contribution in [3.63, 3.8) is 0 Å². The third-order valence-corrected chi connectivity index (χ3v) is 3.48. The molecule has 2 N–H and O–H groups in total. The van der Waals surface area contributed by atoms with Crippen molar-refractivity contribution in [2.24, 2.45) is 5.73 Å². The molecule has 0 aliphatic carbocycles. The number of hydrogen-bond donors (Lipinski definition) is 1. The van der Waals surface area contributed by atoms with E-state index in [1.165, 1.54) is 6.07 Å². The lowest BCUT2D eigenvalue weighted by Crippen LogP contribution is -2.57. The molecule has 0 aromatic heterocycles. The maximum atomic E-state index is 13.9. The molecule has 1 aromatic carbocycles. The number of anilines is 1. The first kappa shape index (κ1) is 14.9. The summed E-state index contributed by atoms with van der Waals surface area (Å²) in [7, 11) is 1.65. The van der Waals surface area contributed by atoms with Crippen molar-refractivity contribution >= 4 is 5.69 Å². The minimum atomic E-state index is -0.355. The second-order valence-corrected chi connectivity index (χ2v) is 4.41. The van der Waals surface area contributed by atoms with Gasteiger partial charge in [-0.25, -0.2) is 4.39 Å². The molecule has 0 saturated carbocycles. The van der Waals surface area contributed by atoms with Gasteiger partial charge in [-0.05, 0) is 25.5 Å². The molecule has 0 saturated heterocycles. The fourth-order valence-corrected chi connectivity index (χ4v) is 2.38.